The van der Waals surface area contributed by atoms with E-state index < -0.39 is 11.4 Å². The van der Waals surface area contributed by atoms with Crippen molar-refractivity contribution in [2.24, 2.45) is 0 Å². The topological polar surface area (TPSA) is 94.0 Å². The second-order valence-electron chi connectivity index (χ2n) is 5.99. The molecule has 0 aliphatic carbocycles. The highest BCUT2D eigenvalue weighted by Gasteiger charge is 2.14. The summed E-state index contributed by atoms with van der Waals surface area (Å²) in [4.78, 5) is 21.4. The molecule has 0 bridgehead atoms. The number of nitriles is 1. The number of hydrogen-bond donors (Lipinski definition) is 2. The molecule has 26 heavy (non-hydrogen) atoms. The number of ether oxygens (including phenoxy) is 1. The van der Waals surface area contributed by atoms with E-state index in [4.69, 9.17) is 4.74 Å². The van der Waals surface area contributed by atoms with Gasteiger partial charge < -0.3 is 10.1 Å². The van der Waals surface area contributed by atoms with Gasteiger partial charge in [0.05, 0.1) is 18.9 Å². The number of anilines is 1. The Morgan fingerprint density at radius 3 is 2.73 bits per heavy atom. The minimum atomic E-state index is -0.516. The summed E-state index contributed by atoms with van der Waals surface area (Å²) in [5.74, 6) is -0.0890. The third-order valence-corrected chi connectivity index (χ3v) is 4.20. The van der Waals surface area contributed by atoms with Crippen molar-refractivity contribution in [2.45, 2.75) is 6.42 Å². The fourth-order valence-electron chi connectivity index (χ4n) is 2.81. The molecule has 136 valence electrons. The van der Waals surface area contributed by atoms with Gasteiger partial charge in [-0.25, -0.2) is 9.37 Å². The minimum absolute atomic E-state index is 0.0875. The third kappa shape index (κ3) is 4.45. The van der Waals surface area contributed by atoms with Crippen LogP contribution in [0.2, 0.25) is 0 Å². The highest BCUT2D eigenvalue weighted by atomic mass is 19.1. The van der Waals surface area contributed by atoms with Crippen LogP contribution in [0.5, 0.6) is 0 Å². The maximum atomic E-state index is 13.1. The third-order valence-electron chi connectivity index (χ3n) is 4.20. The monoisotopic (exact) mass is 357 g/mol. The second-order valence-corrected chi connectivity index (χ2v) is 5.99. The number of rotatable bonds is 6. The van der Waals surface area contributed by atoms with Crippen LogP contribution in [0.15, 0.2) is 29.1 Å². The Morgan fingerprint density at radius 1 is 1.31 bits per heavy atom. The molecule has 1 fully saturated rings. The molecular weight excluding hydrogens is 337 g/mol. The predicted octanol–water partition coefficient (Wildman–Crippen LogP) is 1.58. The van der Waals surface area contributed by atoms with E-state index in [2.05, 4.69) is 20.2 Å². The fourth-order valence-corrected chi connectivity index (χ4v) is 2.81. The summed E-state index contributed by atoms with van der Waals surface area (Å²) in [6.07, 6.45) is 0.885. The molecule has 1 aromatic carbocycles. The van der Waals surface area contributed by atoms with E-state index in [1.807, 2.05) is 6.07 Å². The van der Waals surface area contributed by atoms with Crippen molar-refractivity contribution in [3.05, 3.63) is 46.0 Å². The highest BCUT2D eigenvalue weighted by Crippen LogP contribution is 2.20. The molecule has 8 heteroatoms. The van der Waals surface area contributed by atoms with E-state index >= 15 is 0 Å². The van der Waals surface area contributed by atoms with Gasteiger partial charge in [0.1, 0.15) is 17.4 Å². The van der Waals surface area contributed by atoms with Crippen LogP contribution in [-0.4, -0.2) is 54.3 Å². The number of benzene rings is 1. The summed E-state index contributed by atoms with van der Waals surface area (Å²) in [6.45, 7) is 4.95. The zero-order chi connectivity index (χ0) is 18.4. The zero-order valence-electron chi connectivity index (χ0n) is 14.3. The van der Waals surface area contributed by atoms with Crippen LogP contribution in [0.3, 0.4) is 0 Å². The van der Waals surface area contributed by atoms with E-state index in [9.17, 15) is 14.4 Å². The second kappa shape index (κ2) is 8.56. The molecule has 1 aromatic heterocycles. The molecule has 1 aliphatic rings. The summed E-state index contributed by atoms with van der Waals surface area (Å²) in [5.41, 5.74) is 0.158. The molecule has 0 saturated carbocycles. The van der Waals surface area contributed by atoms with Gasteiger partial charge in [-0.15, -0.1) is 0 Å². The molecule has 1 saturated heterocycles. The SMILES string of the molecule is N#Cc1c(-c2ccc(F)cc2)nc(NCCCN2CCOCC2)[nH]c1=O. The molecular formula is C18H20FN5O2. The molecule has 2 heterocycles. The maximum absolute atomic E-state index is 13.1. The number of nitrogens with zero attached hydrogens (tertiary/aromatic N) is 3. The molecule has 3 rings (SSSR count). The normalized spacial score (nSPS) is 14.8. The largest absolute Gasteiger partial charge is 0.379 e. The number of H-pyrrole nitrogens is 1. The van der Waals surface area contributed by atoms with Gasteiger partial charge in [-0.2, -0.15) is 5.26 Å². The van der Waals surface area contributed by atoms with Crippen molar-refractivity contribution in [1.82, 2.24) is 14.9 Å². The number of aromatic amines is 1. The van der Waals surface area contributed by atoms with Crippen LogP contribution in [0.1, 0.15) is 12.0 Å². The Labute approximate surface area is 150 Å². The molecule has 0 radical (unpaired) electrons. The molecule has 2 aromatic rings. The molecule has 7 nitrogen and oxygen atoms in total. The highest BCUT2D eigenvalue weighted by molar-refractivity contribution is 5.67. The molecule has 2 N–H and O–H groups in total. The van der Waals surface area contributed by atoms with Gasteiger partial charge in [0.2, 0.25) is 5.95 Å². The smallest absolute Gasteiger partial charge is 0.270 e. The molecule has 0 atom stereocenters. The summed E-state index contributed by atoms with van der Waals surface area (Å²) in [7, 11) is 0. The first-order chi connectivity index (χ1) is 12.7. The number of morpholine rings is 1. The number of halogens is 1. The van der Waals surface area contributed by atoms with Gasteiger partial charge in [0.25, 0.3) is 5.56 Å². The molecule has 0 amide bonds. The first kappa shape index (κ1) is 18.0. The Balaban J connectivity index is 1.69. The lowest BCUT2D eigenvalue weighted by Gasteiger charge is -2.26. The molecule has 0 unspecified atom stereocenters. The zero-order valence-corrected chi connectivity index (χ0v) is 14.3. The van der Waals surface area contributed by atoms with E-state index in [0.717, 1.165) is 39.3 Å². The van der Waals surface area contributed by atoms with E-state index in [1.165, 1.54) is 24.3 Å². The Bertz CT molecular complexity index is 838. The Kier molecular flexibility index (Phi) is 5.94. The quantitative estimate of drug-likeness (QED) is 0.763. The van der Waals surface area contributed by atoms with Crippen LogP contribution in [0.4, 0.5) is 10.3 Å². The van der Waals surface area contributed by atoms with E-state index in [-0.39, 0.29) is 11.3 Å². The van der Waals surface area contributed by atoms with Crippen molar-refractivity contribution in [3.63, 3.8) is 0 Å². The van der Waals surface area contributed by atoms with E-state index in [1.54, 1.807) is 0 Å². The van der Waals surface area contributed by atoms with Crippen LogP contribution < -0.4 is 10.9 Å². The number of aromatic nitrogens is 2. The van der Waals surface area contributed by atoms with Crippen LogP contribution in [0, 0.1) is 17.1 Å². The minimum Gasteiger partial charge on any atom is -0.379 e. The van der Waals surface area contributed by atoms with Gasteiger partial charge in [0, 0.05) is 25.2 Å². The van der Waals surface area contributed by atoms with Crippen molar-refractivity contribution < 1.29 is 9.13 Å². The van der Waals surface area contributed by atoms with Crippen molar-refractivity contribution in [1.29, 1.82) is 5.26 Å². The van der Waals surface area contributed by atoms with Gasteiger partial charge in [0.15, 0.2) is 0 Å². The lowest BCUT2D eigenvalue weighted by atomic mass is 10.1. The number of nitrogens with one attached hydrogen (secondary N) is 2. The average molecular weight is 357 g/mol. The summed E-state index contributed by atoms with van der Waals surface area (Å²) < 4.78 is 18.4. The lowest BCUT2D eigenvalue weighted by Crippen LogP contribution is -2.37. The first-order valence-corrected chi connectivity index (χ1v) is 8.51. The van der Waals surface area contributed by atoms with E-state index in [0.29, 0.717) is 18.1 Å². The molecule has 0 spiro atoms. The lowest BCUT2D eigenvalue weighted by molar-refractivity contribution is 0.0378. The summed E-state index contributed by atoms with van der Waals surface area (Å²) >= 11 is 0. The first-order valence-electron chi connectivity index (χ1n) is 8.51. The summed E-state index contributed by atoms with van der Waals surface area (Å²) in [6, 6.07) is 7.41. The maximum Gasteiger partial charge on any atom is 0.270 e. The van der Waals surface area contributed by atoms with Crippen molar-refractivity contribution in [2.75, 3.05) is 44.7 Å². The van der Waals surface area contributed by atoms with Gasteiger partial charge in [-0.1, -0.05) is 0 Å². The van der Waals surface area contributed by atoms with Crippen molar-refractivity contribution in [3.8, 4) is 17.3 Å². The van der Waals surface area contributed by atoms with Gasteiger partial charge in [-0.3, -0.25) is 14.7 Å². The summed E-state index contributed by atoms with van der Waals surface area (Å²) in [5, 5.41) is 12.3. The standard InChI is InChI=1S/C18H20FN5O2/c19-14-4-2-13(3-5-14)16-15(12-20)17(25)23-18(22-16)21-6-1-7-24-8-10-26-11-9-24/h2-5H,1,6-11H2,(H2,21,22,23,25). The Hall–Kier alpha value is -2.76. The van der Waals surface area contributed by atoms with Crippen molar-refractivity contribution >= 4 is 5.95 Å². The van der Waals surface area contributed by atoms with Crippen LogP contribution in [0.25, 0.3) is 11.3 Å². The average Bonchev–Trinajstić information content (AvgIpc) is 2.66. The van der Waals surface area contributed by atoms with Crippen LogP contribution >= 0.6 is 0 Å². The fraction of sp³-hybridized carbons (Fsp3) is 0.389. The van der Waals surface area contributed by atoms with Crippen LogP contribution in [-0.2, 0) is 4.74 Å². The van der Waals surface area contributed by atoms with Gasteiger partial charge in [-0.05, 0) is 37.2 Å². The molecule has 1 aliphatic heterocycles. The number of hydrogen-bond acceptors (Lipinski definition) is 6. The Morgan fingerprint density at radius 2 is 2.04 bits per heavy atom. The predicted molar refractivity (Wildman–Crippen MR) is 95.3 cm³/mol. The van der Waals surface area contributed by atoms with Gasteiger partial charge >= 0.3 is 0 Å².